The van der Waals surface area contributed by atoms with Crippen molar-refractivity contribution in [3.05, 3.63) is 68.1 Å². The summed E-state index contributed by atoms with van der Waals surface area (Å²) < 4.78 is 1.75. The molecule has 0 radical (unpaired) electrons. The van der Waals surface area contributed by atoms with Crippen molar-refractivity contribution in [3.63, 3.8) is 0 Å². The van der Waals surface area contributed by atoms with E-state index in [0.717, 1.165) is 14.5 Å². The Bertz CT molecular complexity index is 591. The van der Waals surface area contributed by atoms with E-state index in [9.17, 15) is 4.79 Å². The first kappa shape index (κ1) is 13.5. The molecule has 0 aliphatic rings. The van der Waals surface area contributed by atoms with Crippen molar-refractivity contribution in [2.75, 3.05) is 0 Å². The van der Waals surface area contributed by atoms with Crippen LogP contribution in [-0.4, -0.2) is 5.78 Å². The number of rotatable bonds is 3. The third-order valence-corrected chi connectivity index (χ3v) is 3.86. The number of aryl methyl sites for hydroxylation is 1. The SMILES string of the molecule is Cc1cccc(CC(=O)c2cc(Br)ccc2Br)c1. The molecule has 0 saturated heterocycles. The lowest BCUT2D eigenvalue weighted by atomic mass is 10.0. The molecule has 0 unspecified atom stereocenters. The van der Waals surface area contributed by atoms with Crippen LogP contribution in [0.3, 0.4) is 0 Å². The van der Waals surface area contributed by atoms with Gasteiger partial charge in [-0.1, -0.05) is 61.7 Å². The number of ketones is 1. The number of Topliss-reactive ketones (excluding diaryl/α,β-unsaturated/α-hetero) is 1. The molecular formula is C15H12Br2O. The molecule has 2 aromatic carbocycles. The zero-order chi connectivity index (χ0) is 13.1. The Kier molecular flexibility index (Phi) is 4.36. The van der Waals surface area contributed by atoms with Crippen LogP contribution in [0, 0.1) is 6.92 Å². The fourth-order valence-electron chi connectivity index (χ4n) is 1.81. The topological polar surface area (TPSA) is 17.1 Å². The van der Waals surface area contributed by atoms with Gasteiger partial charge in [0.15, 0.2) is 5.78 Å². The van der Waals surface area contributed by atoms with Gasteiger partial charge in [-0.15, -0.1) is 0 Å². The van der Waals surface area contributed by atoms with E-state index in [-0.39, 0.29) is 5.78 Å². The van der Waals surface area contributed by atoms with Crippen LogP contribution < -0.4 is 0 Å². The molecule has 0 aliphatic heterocycles. The molecule has 2 rings (SSSR count). The Labute approximate surface area is 123 Å². The Morgan fingerprint density at radius 1 is 1.11 bits per heavy atom. The van der Waals surface area contributed by atoms with Gasteiger partial charge in [-0.25, -0.2) is 0 Å². The molecule has 0 atom stereocenters. The van der Waals surface area contributed by atoms with Crippen LogP contribution in [0.15, 0.2) is 51.4 Å². The van der Waals surface area contributed by atoms with Crippen molar-refractivity contribution in [2.45, 2.75) is 13.3 Å². The zero-order valence-electron chi connectivity index (χ0n) is 9.91. The molecule has 0 bridgehead atoms. The van der Waals surface area contributed by atoms with Crippen molar-refractivity contribution < 1.29 is 4.79 Å². The molecule has 0 amide bonds. The second-order valence-electron chi connectivity index (χ2n) is 4.21. The molecule has 0 fully saturated rings. The van der Waals surface area contributed by atoms with Gasteiger partial charge in [-0.05, 0) is 30.7 Å². The highest BCUT2D eigenvalue weighted by Crippen LogP contribution is 2.23. The quantitative estimate of drug-likeness (QED) is 0.701. The molecule has 0 spiro atoms. The van der Waals surface area contributed by atoms with E-state index < -0.39 is 0 Å². The van der Waals surface area contributed by atoms with Gasteiger partial charge >= 0.3 is 0 Å². The van der Waals surface area contributed by atoms with E-state index in [1.165, 1.54) is 5.56 Å². The number of hydrogen-bond acceptors (Lipinski definition) is 1. The smallest absolute Gasteiger partial charge is 0.168 e. The summed E-state index contributed by atoms with van der Waals surface area (Å²) in [4.78, 5) is 12.2. The van der Waals surface area contributed by atoms with Crippen LogP contribution in [-0.2, 0) is 6.42 Å². The molecule has 92 valence electrons. The normalized spacial score (nSPS) is 10.4. The first-order chi connectivity index (χ1) is 8.56. The fraction of sp³-hybridized carbons (Fsp3) is 0.133. The number of benzene rings is 2. The van der Waals surface area contributed by atoms with Crippen molar-refractivity contribution in [1.82, 2.24) is 0 Å². The molecule has 0 aliphatic carbocycles. The highest BCUT2D eigenvalue weighted by Gasteiger charge is 2.11. The zero-order valence-corrected chi connectivity index (χ0v) is 13.1. The predicted molar refractivity (Wildman–Crippen MR) is 81.1 cm³/mol. The van der Waals surface area contributed by atoms with E-state index in [1.54, 1.807) is 0 Å². The molecule has 3 heteroatoms. The number of halogens is 2. The van der Waals surface area contributed by atoms with E-state index in [2.05, 4.69) is 31.9 Å². The van der Waals surface area contributed by atoms with Gasteiger partial charge in [-0.3, -0.25) is 4.79 Å². The van der Waals surface area contributed by atoms with Crippen LogP contribution in [0.5, 0.6) is 0 Å². The van der Waals surface area contributed by atoms with Crippen molar-refractivity contribution in [3.8, 4) is 0 Å². The Hall–Kier alpha value is -0.930. The summed E-state index contributed by atoms with van der Waals surface area (Å²) in [7, 11) is 0. The van der Waals surface area contributed by atoms with Crippen LogP contribution >= 0.6 is 31.9 Å². The lowest BCUT2D eigenvalue weighted by molar-refractivity contribution is 0.0992. The summed E-state index contributed by atoms with van der Waals surface area (Å²) in [6, 6.07) is 13.7. The Morgan fingerprint density at radius 3 is 2.61 bits per heavy atom. The maximum absolute atomic E-state index is 12.2. The predicted octanol–water partition coefficient (Wildman–Crippen LogP) is 4.95. The molecule has 18 heavy (non-hydrogen) atoms. The van der Waals surface area contributed by atoms with E-state index in [1.807, 2.05) is 49.4 Å². The second kappa shape index (κ2) is 5.81. The minimum Gasteiger partial charge on any atom is -0.294 e. The average Bonchev–Trinajstić information content (AvgIpc) is 2.32. The molecule has 0 aromatic heterocycles. The summed E-state index contributed by atoms with van der Waals surface area (Å²) in [6.07, 6.45) is 0.427. The van der Waals surface area contributed by atoms with Crippen molar-refractivity contribution in [2.24, 2.45) is 0 Å². The summed E-state index contributed by atoms with van der Waals surface area (Å²) in [5.74, 6) is 0.119. The van der Waals surface area contributed by atoms with E-state index >= 15 is 0 Å². The van der Waals surface area contributed by atoms with Gasteiger partial charge in [0.05, 0.1) is 0 Å². The van der Waals surface area contributed by atoms with Gasteiger partial charge < -0.3 is 0 Å². The van der Waals surface area contributed by atoms with Gasteiger partial charge in [0.1, 0.15) is 0 Å². The first-order valence-electron chi connectivity index (χ1n) is 5.60. The van der Waals surface area contributed by atoms with Crippen LogP contribution in [0.25, 0.3) is 0 Å². The Balaban J connectivity index is 2.24. The van der Waals surface area contributed by atoms with Crippen LogP contribution in [0.4, 0.5) is 0 Å². The van der Waals surface area contributed by atoms with Crippen molar-refractivity contribution >= 4 is 37.6 Å². The third kappa shape index (κ3) is 3.30. The lowest BCUT2D eigenvalue weighted by Gasteiger charge is -2.05. The number of carbonyl (C=O) groups is 1. The molecule has 0 N–H and O–H groups in total. The third-order valence-electron chi connectivity index (χ3n) is 2.68. The van der Waals surface area contributed by atoms with Gasteiger partial charge in [0, 0.05) is 20.9 Å². The highest BCUT2D eigenvalue weighted by molar-refractivity contribution is 9.11. The van der Waals surface area contributed by atoms with Gasteiger partial charge in [0.25, 0.3) is 0 Å². The van der Waals surface area contributed by atoms with Gasteiger partial charge in [0.2, 0.25) is 0 Å². The maximum Gasteiger partial charge on any atom is 0.168 e. The Morgan fingerprint density at radius 2 is 1.89 bits per heavy atom. The number of carbonyl (C=O) groups excluding carboxylic acids is 1. The van der Waals surface area contributed by atoms with E-state index in [4.69, 9.17) is 0 Å². The molecule has 0 heterocycles. The summed E-state index contributed by atoms with van der Waals surface area (Å²) in [5.41, 5.74) is 2.94. The average molecular weight is 368 g/mol. The van der Waals surface area contributed by atoms with Gasteiger partial charge in [-0.2, -0.15) is 0 Å². The minimum atomic E-state index is 0.119. The summed E-state index contributed by atoms with van der Waals surface area (Å²) >= 11 is 6.81. The second-order valence-corrected chi connectivity index (χ2v) is 5.98. The standard InChI is InChI=1S/C15H12Br2O/c1-10-3-2-4-11(7-10)8-15(18)13-9-12(16)5-6-14(13)17/h2-7,9H,8H2,1H3. The van der Waals surface area contributed by atoms with E-state index in [0.29, 0.717) is 12.0 Å². The fourth-order valence-corrected chi connectivity index (χ4v) is 2.64. The maximum atomic E-state index is 12.2. The minimum absolute atomic E-state index is 0.119. The molecular weight excluding hydrogens is 356 g/mol. The summed E-state index contributed by atoms with van der Waals surface area (Å²) in [6.45, 7) is 2.03. The first-order valence-corrected chi connectivity index (χ1v) is 7.18. The highest BCUT2D eigenvalue weighted by atomic mass is 79.9. The largest absolute Gasteiger partial charge is 0.294 e. The number of hydrogen-bond donors (Lipinski definition) is 0. The molecule has 0 saturated carbocycles. The molecule has 1 nitrogen and oxygen atoms in total. The monoisotopic (exact) mass is 366 g/mol. The lowest BCUT2D eigenvalue weighted by Crippen LogP contribution is -2.04. The van der Waals surface area contributed by atoms with Crippen LogP contribution in [0.2, 0.25) is 0 Å². The van der Waals surface area contributed by atoms with Crippen LogP contribution in [0.1, 0.15) is 21.5 Å². The van der Waals surface area contributed by atoms with Crippen molar-refractivity contribution in [1.29, 1.82) is 0 Å². The molecule has 2 aromatic rings. The summed E-state index contributed by atoms with van der Waals surface area (Å²) in [5, 5.41) is 0.